The number of ether oxygens (including phenoxy) is 2. The molecule has 1 amide bonds. The van der Waals surface area contributed by atoms with Crippen LogP contribution >= 0.6 is 11.6 Å². The minimum atomic E-state index is -5.08. The number of aromatic amines is 1. The first-order chi connectivity index (χ1) is 17.5. The number of fused-ring (bicyclic) bond motifs is 2. The third kappa shape index (κ3) is 6.25. The Morgan fingerprint density at radius 2 is 1.84 bits per heavy atom. The zero-order valence-electron chi connectivity index (χ0n) is 19.6. The SMILES string of the molecule is CN1CC[C@@H](NC(=O)c2cc3c(cc2Cl)OCCO3)C[C@@H]1c1nc2ccccc2[nH]1.O=C(O)C(F)(F)F. The molecular formula is C24H24ClF3N4O5. The Labute approximate surface area is 214 Å². The molecule has 9 nitrogen and oxygen atoms in total. The fraction of sp³-hybridized carbons (Fsp3) is 0.375. The molecule has 3 aromatic rings. The number of rotatable bonds is 3. The summed E-state index contributed by atoms with van der Waals surface area (Å²) in [5.41, 5.74) is 2.38. The Morgan fingerprint density at radius 3 is 2.49 bits per heavy atom. The zero-order valence-corrected chi connectivity index (χ0v) is 20.4. The molecule has 1 saturated heterocycles. The van der Waals surface area contributed by atoms with Crippen LogP contribution in [0.1, 0.15) is 35.1 Å². The standard InChI is InChI=1S/C22H23ClN4O3.C2HF3O2/c1-27-7-6-13(10-18(27)21-25-16-4-2-3-5-17(16)26-21)24-22(28)14-11-19-20(12-15(14)23)30-9-8-29-19;3-2(4,5)1(6)7/h2-5,11-13,18H,6-10H2,1H3,(H,24,28)(H,25,26);(H,6,7)/t13-,18-;/m1./s1. The van der Waals surface area contributed by atoms with Crippen molar-refractivity contribution in [2.24, 2.45) is 0 Å². The molecule has 0 unspecified atom stereocenters. The van der Waals surface area contributed by atoms with Gasteiger partial charge in [-0.15, -0.1) is 0 Å². The van der Waals surface area contributed by atoms with Crippen molar-refractivity contribution in [3.63, 3.8) is 0 Å². The minimum Gasteiger partial charge on any atom is -0.486 e. The first kappa shape index (κ1) is 26.6. The highest BCUT2D eigenvalue weighted by Gasteiger charge is 2.38. The summed E-state index contributed by atoms with van der Waals surface area (Å²) in [6, 6.07) is 11.4. The molecule has 3 heterocycles. The van der Waals surface area contributed by atoms with Crippen LogP contribution in [0.5, 0.6) is 11.5 Å². The van der Waals surface area contributed by atoms with Crippen molar-refractivity contribution in [1.29, 1.82) is 0 Å². The number of hydrogen-bond acceptors (Lipinski definition) is 6. The molecule has 1 aromatic heterocycles. The lowest BCUT2D eigenvalue weighted by molar-refractivity contribution is -0.192. The van der Waals surface area contributed by atoms with Gasteiger partial charge >= 0.3 is 12.1 Å². The normalized spacial score (nSPS) is 19.6. The number of alkyl halides is 3. The molecule has 1 fully saturated rings. The molecular weight excluding hydrogens is 517 g/mol. The summed E-state index contributed by atoms with van der Waals surface area (Å²) in [6.45, 7) is 1.80. The van der Waals surface area contributed by atoms with E-state index in [4.69, 9.17) is 36.0 Å². The van der Waals surface area contributed by atoms with Crippen molar-refractivity contribution in [1.82, 2.24) is 20.2 Å². The molecule has 2 aromatic carbocycles. The fourth-order valence-corrected chi connectivity index (χ4v) is 4.41. The average Bonchev–Trinajstić information content (AvgIpc) is 3.28. The fourth-order valence-electron chi connectivity index (χ4n) is 4.17. The molecule has 2 aliphatic heterocycles. The second-order valence-corrected chi connectivity index (χ2v) is 9.02. The Hall–Kier alpha value is -3.51. The predicted octanol–water partition coefficient (Wildman–Crippen LogP) is 4.19. The smallest absolute Gasteiger partial charge is 0.486 e. The summed E-state index contributed by atoms with van der Waals surface area (Å²) in [5.74, 6) is -0.899. The molecule has 0 bridgehead atoms. The maximum Gasteiger partial charge on any atom is 0.490 e. The van der Waals surface area contributed by atoms with Crippen LogP contribution in [0.4, 0.5) is 13.2 Å². The number of aromatic nitrogens is 2. The molecule has 3 N–H and O–H groups in total. The van der Waals surface area contributed by atoms with E-state index >= 15 is 0 Å². The maximum atomic E-state index is 13.0. The van der Waals surface area contributed by atoms with Gasteiger partial charge < -0.3 is 24.9 Å². The number of H-pyrrole nitrogens is 1. The number of carbonyl (C=O) groups excluding carboxylic acids is 1. The number of imidazole rings is 1. The number of likely N-dealkylation sites (tertiary alicyclic amines) is 1. The topological polar surface area (TPSA) is 117 Å². The van der Waals surface area contributed by atoms with Crippen LogP contribution in [0.15, 0.2) is 36.4 Å². The third-order valence-corrected chi connectivity index (χ3v) is 6.36. The van der Waals surface area contributed by atoms with E-state index in [1.165, 1.54) is 0 Å². The van der Waals surface area contributed by atoms with Crippen molar-refractivity contribution in [2.45, 2.75) is 31.1 Å². The summed E-state index contributed by atoms with van der Waals surface area (Å²) in [5, 5.41) is 10.6. The lowest BCUT2D eigenvalue weighted by Crippen LogP contribution is -2.45. The van der Waals surface area contributed by atoms with Crippen molar-refractivity contribution < 1.29 is 37.3 Å². The van der Waals surface area contributed by atoms with Crippen LogP contribution in [0.25, 0.3) is 11.0 Å². The van der Waals surface area contributed by atoms with Gasteiger partial charge in [-0.05, 0) is 38.1 Å². The Bertz CT molecular complexity index is 1270. The largest absolute Gasteiger partial charge is 0.490 e. The highest BCUT2D eigenvalue weighted by atomic mass is 35.5. The van der Waals surface area contributed by atoms with Gasteiger partial charge in [0.2, 0.25) is 0 Å². The predicted molar refractivity (Wildman–Crippen MR) is 128 cm³/mol. The van der Waals surface area contributed by atoms with E-state index in [0.29, 0.717) is 35.3 Å². The van der Waals surface area contributed by atoms with E-state index in [1.54, 1.807) is 12.1 Å². The van der Waals surface area contributed by atoms with Gasteiger partial charge in [-0.3, -0.25) is 9.69 Å². The van der Waals surface area contributed by atoms with Gasteiger partial charge in [0.1, 0.15) is 19.0 Å². The molecule has 0 saturated carbocycles. The quantitative estimate of drug-likeness (QED) is 0.456. The first-order valence-electron chi connectivity index (χ1n) is 11.4. The van der Waals surface area contributed by atoms with Crippen LogP contribution in [0, 0.1) is 0 Å². The van der Waals surface area contributed by atoms with Crippen LogP contribution in [-0.4, -0.2) is 70.9 Å². The molecule has 5 rings (SSSR count). The lowest BCUT2D eigenvalue weighted by atomic mass is 9.96. The maximum absolute atomic E-state index is 13.0. The number of nitrogens with zero attached hydrogens (tertiary/aromatic N) is 2. The van der Waals surface area contributed by atoms with Gasteiger partial charge in [0.05, 0.1) is 27.7 Å². The Kier molecular flexibility index (Phi) is 7.79. The van der Waals surface area contributed by atoms with E-state index in [-0.39, 0.29) is 18.0 Å². The highest BCUT2D eigenvalue weighted by Crippen LogP contribution is 2.36. The van der Waals surface area contributed by atoms with Crippen LogP contribution in [0.2, 0.25) is 5.02 Å². The van der Waals surface area contributed by atoms with Gasteiger partial charge in [-0.1, -0.05) is 23.7 Å². The molecule has 0 radical (unpaired) electrons. The summed E-state index contributed by atoms with van der Waals surface area (Å²) in [6.07, 6.45) is -3.45. The zero-order chi connectivity index (χ0) is 26.7. The number of piperidine rings is 1. The lowest BCUT2D eigenvalue weighted by Gasteiger charge is -2.36. The van der Waals surface area contributed by atoms with E-state index in [9.17, 15) is 18.0 Å². The van der Waals surface area contributed by atoms with Crippen molar-refractivity contribution in [3.8, 4) is 11.5 Å². The molecule has 2 atom stereocenters. The van der Waals surface area contributed by atoms with E-state index in [1.807, 2.05) is 24.3 Å². The molecule has 37 heavy (non-hydrogen) atoms. The van der Waals surface area contributed by atoms with E-state index in [0.717, 1.165) is 36.2 Å². The number of amides is 1. The number of carboxylic acid groups (broad SMARTS) is 1. The summed E-state index contributed by atoms with van der Waals surface area (Å²) < 4.78 is 42.9. The molecule has 0 spiro atoms. The molecule has 2 aliphatic rings. The van der Waals surface area contributed by atoms with Crippen molar-refractivity contribution in [3.05, 3.63) is 52.8 Å². The minimum absolute atomic E-state index is 0.0242. The summed E-state index contributed by atoms with van der Waals surface area (Å²) in [7, 11) is 2.09. The Balaban J connectivity index is 0.000000405. The summed E-state index contributed by atoms with van der Waals surface area (Å²) in [4.78, 5) is 32.3. The number of carboxylic acids is 1. The first-order valence-corrected chi connectivity index (χ1v) is 11.8. The van der Waals surface area contributed by atoms with Crippen LogP contribution in [0.3, 0.4) is 0 Å². The molecule has 198 valence electrons. The number of hydrogen-bond donors (Lipinski definition) is 3. The number of carbonyl (C=O) groups is 2. The monoisotopic (exact) mass is 540 g/mol. The van der Waals surface area contributed by atoms with Gasteiger partial charge in [-0.25, -0.2) is 9.78 Å². The number of aliphatic carboxylic acids is 1. The third-order valence-electron chi connectivity index (χ3n) is 6.05. The van der Waals surface area contributed by atoms with Crippen molar-refractivity contribution >= 4 is 34.5 Å². The van der Waals surface area contributed by atoms with Crippen LogP contribution < -0.4 is 14.8 Å². The second kappa shape index (κ2) is 10.9. The number of halogens is 4. The number of para-hydroxylation sites is 2. The molecule has 13 heteroatoms. The summed E-state index contributed by atoms with van der Waals surface area (Å²) >= 11 is 6.35. The second-order valence-electron chi connectivity index (χ2n) is 8.61. The number of nitrogens with one attached hydrogen (secondary N) is 2. The average molecular weight is 541 g/mol. The van der Waals surface area contributed by atoms with Crippen molar-refractivity contribution in [2.75, 3.05) is 26.8 Å². The van der Waals surface area contributed by atoms with Gasteiger partial charge in [0.25, 0.3) is 5.91 Å². The van der Waals surface area contributed by atoms with Gasteiger partial charge in [-0.2, -0.15) is 13.2 Å². The Morgan fingerprint density at radius 1 is 1.19 bits per heavy atom. The molecule has 0 aliphatic carbocycles. The number of benzene rings is 2. The van der Waals surface area contributed by atoms with E-state index in [2.05, 4.69) is 22.2 Å². The van der Waals surface area contributed by atoms with Gasteiger partial charge in [0, 0.05) is 18.7 Å². The van der Waals surface area contributed by atoms with Crippen LogP contribution in [-0.2, 0) is 4.79 Å². The van der Waals surface area contributed by atoms with Gasteiger partial charge in [0.15, 0.2) is 11.5 Å². The van der Waals surface area contributed by atoms with E-state index < -0.39 is 12.1 Å². The highest BCUT2D eigenvalue weighted by molar-refractivity contribution is 6.34.